The maximum absolute atomic E-state index is 11.7. The zero-order valence-electron chi connectivity index (χ0n) is 10.9. The van der Waals surface area contributed by atoms with Gasteiger partial charge < -0.3 is 10.2 Å². The van der Waals surface area contributed by atoms with Gasteiger partial charge in [-0.25, -0.2) is 9.97 Å². The lowest BCUT2D eigenvalue weighted by Gasteiger charge is -2.18. The Morgan fingerprint density at radius 3 is 2.24 bits per heavy atom. The number of anilines is 1. The van der Waals surface area contributed by atoms with Crippen molar-refractivity contribution in [3.05, 3.63) is 18.0 Å². The molecule has 0 fully saturated rings. The average Bonchev–Trinajstić information content (AvgIpc) is 2.30. The molecule has 0 atom stereocenters. The molecule has 17 heavy (non-hydrogen) atoms. The van der Waals surface area contributed by atoms with Gasteiger partial charge in [-0.2, -0.15) is 0 Å². The van der Waals surface area contributed by atoms with Crippen LogP contribution in [0.1, 0.15) is 38.1 Å². The molecule has 1 N–H and O–H groups in total. The van der Waals surface area contributed by atoms with Crippen LogP contribution in [0, 0.1) is 0 Å². The van der Waals surface area contributed by atoms with Gasteiger partial charge in [-0.3, -0.25) is 4.79 Å². The number of carbonyl (C=O) groups is 1. The van der Waals surface area contributed by atoms with E-state index in [1.54, 1.807) is 12.4 Å². The smallest absolute Gasteiger partial charge is 0.254 e. The van der Waals surface area contributed by atoms with Crippen molar-refractivity contribution < 1.29 is 4.79 Å². The number of nitrogens with zero attached hydrogens (tertiary/aromatic N) is 3. The number of carbonyl (C=O) groups excluding carboxylic acids is 1. The third kappa shape index (κ3) is 3.69. The second-order valence-corrected chi connectivity index (χ2v) is 4.07. The van der Waals surface area contributed by atoms with Crippen LogP contribution >= 0.6 is 0 Å². The molecule has 1 rings (SSSR count). The van der Waals surface area contributed by atoms with Crippen molar-refractivity contribution in [2.24, 2.45) is 0 Å². The van der Waals surface area contributed by atoms with Gasteiger partial charge >= 0.3 is 0 Å². The summed E-state index contributed by atoms with van der Waals surface area (Å²) in [5.41, 5.74) is 0.495. The minimum atomic E-state index is -0.133. The standard InChI is InChI=1S/C12H20N4O/c1-5-16(6-2)12-13-7-10(8-14-12)11(17)15-9(3)4/h7-9H,5-6H2,1-4H3,(H,15,17). The summed E-state index contributed by atoms with van der Waals surface area (Å²) in [7, 11) is 0. The molecule has 0 aromatic carbocycles. The van der Waals surface area contributed by atoms with Gasteiger partial charge in [-0.1, -0.05) is 0 Å². The van der Waals surface area contributed by atoms with E-state index in [-0.39, 0.29) is 11.9 Å². The predicted molar refractivity (Wildman–Crippen MR) is 68.2 cm³/mol. The first-order valence-electron chi connectivity index (χ1n) is 5.96. The number of hydrogen-bond acceptors (Lipinski definition) is 4. The lowest BCUT2D eigenvalue weighted by atomic mass is 10.3. The molecule has 0 bridgehead atoms. The Balaban J connectivity index is 2.77. The van der Waals surface area contributed by atoms with Crippen LogP contribution in [0.25, 0.3) is 0 Å². The molecule has 1 aromatic heterocycles. The summed E-state index contributed by atoms with van der Waals surface area (Å²) in [6.45, 7) is 9.65. The molecule has 0 aliphatic carbocycles. The highest BCUT2D eigenvalue weighted by atomic mass is 16.1. The Kier molecular flexibility index (Phi) is 4.87. The van der Waals surface area contributed by atoms with Crippen LogP contribution in [-0.4, -0.2) is 35.0 Å². The second kappa shape index (κ2) is 6.18. The molecular weight excluding hydrogens is 216 g/mol. The summed E-state index contributed by atoms with van der Waals surface area (Å²) in [4.78, 5) is 22.1. The fourth-order valence-corrected chi connectivity index (χ4v) is 1.45. The normalized spacial score (nSPS) is 10.4. The number of aromatic nitrogens is 2. The maximum Gasteiger partial charge on any atom is 0.254 e. The van der Waals surface area contributed by atoms with Crippen molar-refractivity contribution in [3.8, 4) is 0 Å². The second-order valence-electron chi connectivity index (χ2n) is 4.07. The van der Waals surface area contributed by atoms with Crippen LogP contribution in [0.2, 0.25) is 0 Å². The van der Waals surface area contributed by atoms with E-state index in [9.17, 15) is 4.79 Å². The van der Waals surface area contributed by atoms with Crippen LogP contribution in [0.5, 0.6) is 0 Å². The third-order valence-corrected chi connectivity index (χ3v) is 2.37. The van der Waals surface area contributed by atoms with Crippen LogP contribution in [0.4, 0.5) is 5.95 Å². The average molecular weight is 236 g/mol. The highest BCUT2D eigenvalue weighted by molar-refractivity contribution is 5.93. The van der Waals surface area contributed by atoms with Gasteiger partial charge in [0.05, 0.1) is 5.56 Å². The van der Waals surface area contributed by atoms with E-state index in [4.69, 9.17) is 0 Å². The fourth-order valence-electron chi connectivity index (χ4n) is 1.45. The van der Waals surface area contributed by atoms with E-state index in [1.807, 2.05) is 32.6 Å². The van der Waals surface area contributed by atoms with E-state index in [1.165, 1.54) is 0 Å². The molecule has 94 valence electrons. The molecule has 0 unspecified atom stereocenters. The topological polar surface area (TPSA) is 58.1 Å². The molecule has 1 amide bonds. The minimum absolute atomic E-state index is 0.116. The largest absolute Gasteiger partial charge is 0.350 e. The van der Waals surface area contributed by atoms with E-state index >= 15 is 0 Å². The molecule has 0 radical (unpaired) electrons. The van der Waals surface area contributed by atoms with Gasteiger partial charge in [-0.05, 0) is 27.7 Å². The van der Waals surface area contributed by atoms with E-state index in [0.717, 1.165) is 13.1 Å². The SMILES string of the molecule is CCN(CC)c1ncc(C(=O)NC(C)C)cn1. The Morgan fingerprint density at radius 1 is 1.29 bits per heavy atom. The Labute approximate surface area is 102 Å². The van der Waals surface area contributed by atoms with Crippen molar-refractivity contribution in [3.63, 3.8) is 0 Å². The summed E-state index contributed by atoms with van der Waals surface area (Å²) in [5.74, 6) is 0.530. The molecule has 0 spiro atoms. The number of amides is 1. The molecular formula is C12H20N4O. The van der Waals surface area contributed by atoms with Crippen LogP contribution < -0.4 is 10.2 Å². The van der Waals surface area contributed by atoms with Crippen molar-refractivity contribution in [1.82, 2.24) is 15.3 Å². The van der Waals surface area contributed by atoms with Crippen molar-refractivity contribution in [2.45, 2.75) is 33.7 Å². The van der Waals surface area contributed by atoms with E-state index in [2.05, 4.69) is 15.3 Å². The summed E-state index contributed by atoms with van der Waals surface area (Å²) >= 11 is 0. The van der Waals surface area contributed by atoms with Gasteiger partial charge in [0.1, 0.15) is 0 Å². The van der Waals surface area contributed by atoms with Gasteiger partial charge in [0, 0.05) is 31.5 Å². The summed E-state index contributed by atoms with van der Waals surface area (Å²) in [6.07, 6.45) is 3.14. The van der Waals surface area contributed by atoms with Crippen molar-refractivity contribution in [2.75, 3.05) is 18.0 Å². The zero-order chi connectivity index (χ0) is 12.8. The van der Waals surface area contributed by atoms with Crippen molar-refractivity contribution >= 4 is 11.9 Å². The highest BCUT2D eigenvalue weighted by Gasteiger charge is 2.10. The lowest BCUT2D eigenvalue weighted by Crippen LogP contribution is -2.30. The summed E-state index contributed by atoms with van der Waals surface area (Å²) in [5, 5.41) is 2.80. The van der Waals surface area contributed by atoms with Gasteiger partial charge in [0.15, 0.2) is 0 Å². The number of nitrogens with one attached hydrogen (secondary N) is 1. The quantitative estimate of drug-likeness (QED) is 0.841. The van der Waals surface area contributed by atoms with Crippen LogP contribution in [-0.2, 0) is 0 Å². The molecule has 1 aromatic rings. The van der Waals surface area contributed by atoms with Gasteiger partial charge in [0.2, 0.25) is 5.95 Å². The van der Waals surface area contributed by atoms with Crippen molar-refractivity contribution in [1.29, 1.82) is 0 Å². The Hall–Kier alpha value is -1.65. The van der Waals surface area contributed by atoms with Crippen LogP contribution in [0.15, 0.2) is 12.4 Å². The Morgan fingerprint density at radius 2 is 1.82 bits per heavy atom. The van der Waals surface area contributed by atoms with Gasteiger partial charge in [0.25, 0.3) is 5.91 Å². The Bertz CT molecular complexity index is 357. The summed E-state index contributed by atoms with van der Waals surface area (Å²) in [6, 6.07) is 0.116. The molecule has 0 aliphatic rings. The van der Waals surface area contributed by atoms with Crippen LogP contribution in [0.3, 0.4) is 0 Å². The minimum Gasteiger partial charge on any atom is -0.350 e. The first-order chi connectivity index (χ1) is 8.08. The van der Waals surface area contributed by atoms with E-state index in [0.29, 0.717) is 11.5 Å². The number of rotatable bonds is 5. The monoisotopic (exact) mass is 236 g/mol. The summed E-state index contributed by atoms with van der Waals surface area (Å²) < 4.78 is 0. The first-order valence-corrected chi connectivity index (χ1v) is 5.96. The fraction of sp³-hybridized carbons (Fsp3) is 0.583. The molecule has 1 heterocycles. The molecule has 5 nitrogen and oxygen atoms in total. The maximum atomic E-state index is 11.7. The molecule has 5 heteroatoms. The molecule has 0 saturated carbocycles. The first kappa shape index (κ1) is 13.4. The number of hydrogen-bond donors (Lipinski definition) is 1. The lowest BCUT2D eigenvalue weighted by molar-refractivity contribution is 0.0942. The molecule has 0 aliphatic heterocycles. The third-order valence-electron chi connectivity index (χ3n) is 2.37. The zero-order valence-corrected chi connectivity index (χ0v) is 10.9. The highest BCUT2D eigenvalue weighted by Crippen LogP contribution is 2.06. The molecule has 0 saturated heterocycles. The van der Waals surface area contributed by atoms with E-state index < -0.39 is 0 Å². The van der Waals surface area contributed by atoms with Gasteiger partial charge in [-0.15, -0.1) is 0 Å². The predicted octanol–water partition coefficient (Wildman–Crippen LogP) is 1.46.